The van der Waals surface area contributed by atoms with Gasteiger partial charge in [-0.15, -0.1) is 0 Å². The van der Waals surface area contributed by atoms with Crippen LogP contribution < -0.4 is 11.2 Å². The number of nitrogens with one attached hydrogen (secondary N) is 1. The molecule has 4 N–H and O–H groups in total. The van der Waals surface area contributed by atoms with Crippen LogP contribution in [0.25, 0.3) is 0 Å². The molecule has 5 rings (SSSR count). The lowest BCUT2D eigenvalue weighted by atomic mass is 9.76. The minimum absolute atomic E-state index is 0.0449. The predicted molar refractivity (Wildman–Crippen MR) is 166 cm³/mol. The van der Waals surface area contributed by atoms with E-state index < -0.39 is 47.3 Å². The number of hydrogen-bond acceptors (Lipinski definition) is 7. The summed E-state index contributed by atoms with van der Waals surface area (Å²) in [5, 5.41) is 9.92. The highest BCUT2D eigenvalue weighted by atomic mass is 35.5. The maximum absolute atomic E-state index is 14.3. The summed E-state index contributed by atoms with van der Waals surface area (Å²) in [6.45, 7) is -0.421. The third-order valence-corrected chi connectivity index (χ3v) is 8.33. The monoisotopic (exact) mass is 678 g/mol. The molecule has 3 aromatic rings. The molecule has 14 heteroatoms. The molecule has 0 aromatic heterocycles. The maximum atomic E-state index is 14.3. The second kappa shape index (κ2) is 15.3. The Balaban J connectivity index is 0.00000109. The van der Waals surface area contributed by atoms with Crippen LogP contribution in [0.2, 0.25) is 10.0 Å². The van der Waals surface area contributed by atoms with Crippen LogP contribution in [0.4, 0.5) is 4.39 Å². The average Bonchev–Trinajstić information content (AvgIpc) is 2.98. The number of halogens is 3. The highest BCUT2D eigenvalue weighted by Gasteiger charge is 2.48. The number of carbonyl (C=O) groups excluding carboxylic acids is 2. The van der Waals surface area contributed by atoms with Crippen molar-refractivity contribution in [2.45, 2.75) is 56.3 Å². The molecule has 0 saturated heterocycles. The number of carboxylic acids is 1. The van der Waals surface area contributed by atoms with E-state index in [9.17, 15) is 23.9 Å². The van der Waals surface area contributed by atoms with Gasteiger partial charge in [0.05, 0.1) is 17.5 Å². The Kier molecular flexibility index (Phi) is 11.7. The normalized spacial score (nSPS) is 21.6. The van der Waals surface area contributed by atoms with Crippen LogP contribution in [0.1, 0.15) is 75.0 Å². The van der Waals surface area contributed by atoms with Gasteiger partial charge in [-0.3, -0.25) is 18.6 Å². The molecule has 1 heterocycles. The van der Waals surface area contributed by atoms with E-state index in [0.717, 1.165) is 43.7 Å². The zero-order valence-corrected chi connectivity index (χ0v) is 26.4. The number of carboxylic acid groups (broad SMARTS) is 1. The molecule has 3 aromatic carbocycles. The fourth-order valence-corrected chi connectivity index (χ4v) is 6.34. The molecule has 2 aliphatic rings. The summed E-state index contributed by atoms with van der Waals surface area (Å²) in [6.07, 6.45) is 4.31. The van der Waals surface area contributed by atoms with Gasteiger partial charge in [-0.05, 0) is 66.6 Å². The second-order valence-corrected chi connectivity index (χ2v) is 12.3. The van der Waals surface area contributed by atoms with E-state index in [1.54, 1.807) is 47.4 Å². The third kappa shape index (κ3) is 8.07. The minimum Gasteiger partial charge on any atom is -0.773 e. The third-order valence-electron chi connectivity index (χ3n) is 7.77. The maximum Gasteiger partial charge on any atom is 0.335 e. The van der Waals surface area contributed by atoms with Gasteiger partial charge in [-0.1, -0.05) is 71.4 Å². The van der Waals surface area contributed by atoms with Gasteiger partial charge in [-0.25, -0.2) is 14.7 Å². The Hall–Kier alpha value is -3.39. The number of amides is 2. The van der Waals surface area contributed by atoms with Gasteiger partial charge in [0.2, 0.25) is 0 Å². The first-order valence-corrected chi connectivity index (χ1v) is 16.2. The summed E-state index contributed by atoms with van der Waals surface area (Å²) in [7, 11) is 0. The van der Waals surface area contributed by atoms with E-state index in [4.69, 9.17) is 42.5 Å². The molecule has 0 bridgehead atoms. The number of nitrogens with two attached hydrogens (primary N) is 1. The average molecular weight is 680 g/mol. The van der Waals surface area contributed by atoms with E-state index in [0.29, 0.717) is 28.1 Å². The molecule has 1 aliphatic carbocycles. The summed E-state index contributed by atoms with van der Waals surface area (Å²) >= 11 is 11.0. The van der Waals surface area contributed by atoms with Crippen molar-refractivity contribution in [3.8, 4) is 0 Å². The lowest BCUT2D eigenvalue weighted by Gasteiger charge is -2.48. The van der Waals surface area contributed by atoms with E-state index in [1.807, 2.05) is 0 Å². The summed E-state index contributed by atoms with van der Waals surface area (Å²) in [5.41, 5.74) is 10.2. The Morgan fingerprint density at radius 1 is 1.11 bits per heavy atom. The van der Waals surface area contributed by atoms with Crippen molar-refractivity contribution in [3.05, 3.63) is 104 Å². The van der Waals surface area contributed by atoms with Crippen molar-refractivity contribution in [2.75, 3.05) is 6.26 Å². The minimum atomic E-state index is -1.86. The molecule has 1 unspecified atom stereocenters. The second-order valence-electron chi connectivity index (χ2n) is 10.7. The standard InChI is InChI=1S/C30H28Cl2FN3O5.CH4O2S/c31-18-10-11-21(22(32)14-18)27-26(28(37)35-41-15-17-13-16(30(39)40)9-12-23(17)33)19-5-1-2-6-20(19)29(38)36(27)25-8-4-3-7-24(25)34;1-4(2)3/h1-2,5-6,9-14,24-27H,3-4,7-8,15,34H2,(H,35,37)(H,39,40);1H3,(H,2,3)/p-1/t24-,25-,26+,27-;/m0./s1. The largest absolute Gasteiger partial charge is 0.773 e. The van der Waals surface area contributed by atoms with Crippen LogP contribution in [0.15, 0.2) is 60.7 Å². The molecule has 0 radical (unpaired) electrons. The van der Waals surface area contributed by atoms with Gasteiger partial charge in [-0.2, -0.15) is 0 Å². The number of aromatic carboxylic acids is 1. The summed E-state index contributed by atoms with van der Waals surface area (Å²) < 4.78 is 32.3. The first-order chi connectivity index (χ1) is 21.4. The van der Waals surface area contributed by atoms with Crippen LogP contribution >= 0.6 is 23.2 Å². The number of fused-ring (bicyclic) bond motifs is 1. The zero-order valence-electron chi connectivity index (χ0n) is 24.1. The van der Waals surface area contributed by atoms with E-state index >= 15 is 0 Å². The highest BCUT2D eigenvalue weighted by Crippen LogP contribution is 2.47. The predicted octanol–water partition coefficient (Wildman–Crippen LogP) is 5.12. The smallest absolute Gasteiger partial charge is 0.335 e. The molecule has 5 atom stereocenters. The van der Waals surface area contributed by atoms with Crippen LogP contribution in [0, 0.1) is 5.82 Å². The Morgan fingerprint density at radius 3 is 2.47 bits per heavy atom. The van der Waals surface area contributed by atoms with Gasteiger partial charge in [0.25, 0.3) is 11.8 Å². The van der Waals surface area contributed by atoms with Gasteiger partial charge >= 0.3 is 5.97 Å². The van der Waals surface area contributed by atoms with Crippen LogP contribution in [-0.2, 0) is 27.3 Å². The van der Waals surface area contributed by atoms with E-state index in [1.165, 1.54) is 0 Å². The molecule has 10 nitrogen and oxygen atoms in total. The van der Waals surface area contributed by atoms with Gasteiger partial charge in [0, 0.05) is 33.3 Å². The van der Waals surface area contributed by atoms with Gasteiger partial charge < -0.3 is 20.3 Å². The number of benzene rings is 3. The molecule has 1 saturated carbocycles. The first kappa shape index (κ1) is 34.5. The van der Waals surface area contributed by atoms with Crippen molar-refractivity contribution >= 4 is 52.1 Å². The summed E-state index contributed by atoms with van der Waals surface area (Å²) in [4.78, 5) is 46.4. The summed E-state index contributed by atoms with van der Waals surface area (Å²) in [6, 6.07) is 13.6. The van der Waals surface area contributed by atoms with Gasteiger partial charge in [0.15, 0.2) is 0 Å². The molecular formula is C31H31Cl2FN3O7S-. The number of hydroxylamine groups is 1. The summed E-state index contributed by atoms with van der Waals surface area (Å²) in [5.74, 6) is -3.71. The lowest BCUT2D eigenvalue weighted by molar-refractivity contribution is -0.138. The quantitative estimate of drug-likeness (QED) is 0.229. The molecule has 45 heavy (non-hydrogen) atoms. The fourth-order valence-electron chi connectivity index (χ4n) is 5.82. The Morgan fingerprint density at radius 2 is 1.80 bits per heavy atom. The van der Waals surface area contributed by atoms with Crippen molar-refractivity contribution in [1.82, 2.24) is 10.4 Å². The molecule has 240 valence electrons. The molecular weight excluding hydrogens is 648 g/mol. The number of carbonyl (C=O) groups is 3. The highest BCUT2D eigenvalue weighted by molar-refractivity contribution is 7.78. The SMILES string of the molecule is CS(=O)[O-].N[C@H]1CCCC[C@@H]1N1C(=O)c2ccccc2[C@@H](C(=O)NOCc2cc(C(=O)O)ccc2F)[C@@H]1c1ccc(Cl)cc1Cl. The fraction of sp³-hybridized carbons (Fsp3) is 0.323. The Labute approximate surface area is 271 Å². The van der Waals surface area contributed by atoms with E-state index in [-0.39, 0.29) is 34.1 Å². The molecule has 1 fully saturated rings. The van der Waals surface area contributed by atoms with Crippen LogP contribution in [-0.4, -0.2) is 54.9 Å². The van der Waals surface area contributed by atoms with Crippen LogP contribution in [0.3, 0.4) is 0 Å². The molecule has 1 aliphatic heterocycles. The van der Waals surface area contributed by atoms with E-state index in [2.05, 4.69) is 5.48 Å². The van der Waals surface area contributed by atoms with Crippen molar-refractivity contribution in [2.24, 2.45) is 5.73 Å². The van der Waals surface area contributed by atoms with Crippen molar-refractivity contribution in [1.29, 1.82) is 0 Å². The molecule has 2 amide bonds. The number of rotatable bonds is 7. The number of hydrogen-bond donors (Lipinski definition) is 3. The van der Waals surface area contributed by atoms with Crippen molar-refractivity contribution < 1.29 is 37.5 Å². The first-order valence-electron chi connectivity index (χ1n) is 14.0. The van der Waals surface area contributed by atoms with Crippen LogP contribution in [0.5, 0.6) is 0 Å². The molecule has 0 spiro atoms. The van der Waals surface area contributed by atoms with Gasteiger partial charge in [0.1, 0.15) is 12.4 Å². The zero-order chi connectivity index (χ0) is 32.8. The lowest BCUT2D eigenvalue weighted by Crippen LogP contribution is -2.57. The van der Waals surface area contributed by atoms with Crippen molar-refractivity contribution in [3.63, 3.8) is 0 Å². The topological polar surface area (TPSA) is 162 Å². The number of nitrogens with zero attached hydrogens (tertiary/aromatic N) is 1. The Bertz CT molecular complexity index is 1610.